The molecule has 1 aromatic carbocycles. The first kappa shape index (κ1) is 13.9. The van der Waals surface area contributed by atoms with Gasteiger partial charge >= 0.3 is 0 Å². The molecule has 0 saturated carbocycles. The van der Waals surface area contributed by atoms with Crippen LogP contribution in [0, 0.1) is 6.92 Å². The van der Waals surface area contributed by atoms with Crippen molar-refractivity contribution in [2.45, 2.75) is 46.3 Å². The van der Waals surface area contributed by atoms with Crippen LogP contribution < -0.4 is 5.32 Å². The Morgan fingerprint density at radius 3 is 2.58 bits per heavy atom. The largest absolute Gasteiger partial charge is 0.354 e. The van der Waals surface area contributed by atoms with E-state index in [4.69, 9.17) is 0 Å². The fraction of sp³-hybridized carbons (Fsp3) is 0.412. The predicted octanol–water partition coefficient (Wildman–Crippen LogP) is 4.06. The Balaban J connectivity index is 1.88. The Bertz CT molecular complexity index is 496. The molecule has 0 bridgehead atoms. The lowest BCUT2D eigenvalue weighted by Crippen LogP contribution is -2.17. The summed E-state index contributed by atoms with van der Waals surface area (Å²) < 4.78 is 2.26. The lowest BCUT2D eigenvalue weighted by Gasteiger charge is -2.14. The number of aryl methyl sites for hydroxylation is 2. The minimum atomic E-state index is 0.384. The van der Waals surface area contributed by atoms with Crippen molar-refractivity contribution in [3.8, 4) is 0 Å². The van der Waals surface area contributed by atoms with E-state index in [1.165, 1.54) is 23.1 Å². The van der Waals surface area contributed by atoms with E-state index in [2.05, 4.69) is 73.4 Å². The molecular weight excluding hydrogens is 232 g/mol. The molecule has 0 fully saturated rings. The summed E-state index contributed by atoms with van der Waals surface area (Å²) in [5.41, 5.74) is 4.01. The average molecular weight is 256 g/mol. The first-order chi connectivity index (χ1) is 9.19. The van der Waals surface area contributed by atoms with E-state index in [0.29, 0.717) is 6.04 Å². The van der Waals surface area contributed by atoms with Crippen LogP contribution in [0.3, 0.4) is 0 Å². The van der Waals surface area contributed by atoms with Gasteiger partial charge in [-0.15, -0.1) is 0 Å². The zero-order valence-electron chi connectivity index (χ0n) is 12.2. The van der Waals surface area contributed by atoms with Crippen molar-refractivity contribution in [2.24, 2.45) is 0 Å². The second-order valence-corrected chi connectivity index (χ2v) is 5.27. The maximum atomic E-state index is 3.58. The first-order valence-electron chi connectivity index (χ1n) is 7.13. The monoisotopic (exact) mass is 256 g/mol. The van der Waals surface area contributed by atoms with Gasteiger partial charge in [-0.05, 0) is 37.5 Å². The van der Waals surface area contributed by atoms with Gasteiger partial charge in [0.25, 0.3) is 0 Å². The number of hydrogen-bond acceptors (Lipinski definition) is 1. The minimum Gasteiger partial charge on any atom is -0.354 e. The van der Waals surface area contributed by atoms with E-state index in [-0.39, 0.29) is 0 Å². The van der Waals surface area contributed by atoms with Crippen molar-refractivity contribution >= 4 is 0 Å². The SMILES string of the molecule is CCCn1ccc(CN[C@@H](C)c2ccc(C)cc2)c1. The fourth-order valence-corrected chi connectivity index (χ4v) is 2.24. The Hall–Kier alpha value is -1.54. The molecule has 0 amide bonds. The third-order valence-electron chi connectivity index (χ3n) is 3.48. The van der Waals surface area contributed by atoms with Gasteiger partial charge in [0.1, 0.15) is 0 Å². The molecule has 0 aliphatic rings. The molecule has 2 aromatic rings. The Morgan fingerprint density at radius 2 is 1.89 bits per heavy atom. The van der Waals surface area contributed by atoms with E-state index in [9.17, 15) is 0 Å². The number of benzene rings is 1. The zero-order valence-corrected chi connectivity index (χ0v) is 12.2. The standard InChI is InChI=1S/C17H24N2/c1-4-10-19-11-9-16(13-19)12-18-15(3)17-7-5-14(2)6-8-17/h5-9,11,13,15,18H,4,10,12H2,1-3H3/t15-/m0/s1. The first-order valence-corrected chi connectivity index (χ1v) is 7.13. The average Bonchev–Trinajstić information content (AvgIpc) is 2.85. The topological polar surface area (TPSA) is 17.0 Å². The molecule has 2 heteroatoms. The van der Waals surface area contributed by atoms with Crippen molar-refractivity contribution in [1.82, 2.24) is 9.88 Å². The lowest BCUT2D eigenvalue weighted by atomic mass is 10.1. The summed E-state index contributed by atoms with van der Waals surface area (Å²) in [6.45, 7) is 8.57. The summed E-state index contributed by atoms with van der Waals surface area (Å²) in [5, 5.41) is 3.58. The normalized spacial score (nSPS) is 12.6. The van der Waals surface area contributed by atoms with Crippen LogP contribution in [-0.4, -0.2) is 4.57 Å². The zero-order chi connectivity index (χ0) is 13.7. The number of rotatable bonds is 6. The molecule has 0 radical (unpaired) electrons. The molecule has 1 heterocycles. The van der Waals surface area contributed by atoms with Crippen LogP contribution in [0.25, 0.3) is 0 Å². The molecule has 1 atom stereocenters. The van der Waals surface area contributed by atoms with Crippen LogP contribution in [0.5, 0.6) is 0 Å². The van der Waals surface area contributed by atoms with E-state index in [1.54, 1.807) is 0 Å². The van der Waals surface area contributed by atoms with E-state index in [0.717, 1.165) is 13.1 Å². The lowest BCUT2D eigenvalue weighted by molar-refractivity contribution is 0.573. The summed E-state index contributed by atoms with van der Waals surface area (Å²) in [6, 6.07) is 11.3. The highest BCUT2D eigenvalue weighted by atomic mass is 14.9. The van der Waals surface area contributed by atoms with Crippen LogP contribution >= 0.6 is 0 Å². The smallest absolute Gasteiger partial charge is 0.0294 e. The van der Waals surface area contributed by atoms with E-state index < -0.39 is 0 Å². The highest BCUT2D eigenvalue weighted by molar-refractivity contribution is 5.23. The molecule has 1 aromatic heterocycles. The molecular formula is C17H24N2. The molecule has 1 N–H and O–H groups in total. The number of nitrogens with one attached hydrogen (secondary N) is 1. The quantitative estimate of drug-likeness (QED) is 0.825. The molecule has 0 spiro atoms. The van der Waals surface area contributed by atoms with Crippen molar-refractivity contribution in [2.75, 3.05) is 0 Å². The molecule has 0 aliphatic carbocycles. The van der Waals surface area contributed by atoms with Crippen molar-refractivity contribution < 1.29 is 0 Å². The van der Waals surface area contributed by atoms with Gasteiger partial charge in [0, 0.05) is 31.5 Å². The third-order valence-corrected chi connectivity index (χ3v) is 3.48. The van der Waals surface area contributed by atoms with Crippen LogP contribution in [0.4, 0.5) is 0 Å². The van der Waals surface area contributed by atoms with E-state index in [1.807, 2.05) is 0 Å². The van der Waals surface area contributed by atoms with Crippen LogP contribution in [0.15, 0.2) is 42.7 Å². The van der Waals surface area contributed by atoms with Crippen molar-refractivity contribution in [3.05, 3.63) is 59.4 Å². The Kier molecular flexibility index (Phi) is 4.80. The van der Waals surface area contributed by atoms with Crippen LogP contribution in [-0.2, 0) is 13.1 Å². The van der Waals surface area contributed by atoms with Gasteiger partial charge in [-0.2, -0.15) is 0 Å². The number of aromatic nitrogens is 1. The van der Waals surface area contributed by atoms with Gasteiger partial charge in [-0.3, -0.25) is 0 Å². The molecule has 0 saturated heterocycles. The highest BCUT2D eigenvalue weighted by Crippen LogP contribution is 2.14. The van der Waals surface area contributed by atoms with Crippen molar-refractivity contribution in [1.29, 1.82) is 0 Å². The van der Waals surface area contributed by atoms with Gasteiger partial charge in [-0.25, -0.2) is 0 Å². The molecule has 2 nitrogen and oxygen atoms in total. The minimum absolute atomic E-state index is 0.384. The molecule has 0 unspecified atom stereocenters. The molecule has 0 aliphatic heterocycles. The van der Waals surface area contributed by atoms with Gasteiger partial charge in [0.15, 0.2) is 0 Å². The molecule has 19 heavy (non-hydrogen) atoms. The second kappa shape index (κ2) is 6.58. The van der Waals surface area contributed by atoms with Crippen LogP contribution in [0.1, 0.15) is 43.0 Å². The summed E-state index contributed by atoms with van der Waals surface area (Å²) in [7, 11) is 0. The predicted molar refractivity (Wildman–Crippen MR) is 81.2 cm³/mol. The number of hydrogen-bond donors (Lipinski definition) is 1. The van der Waals surface area contributed by atoms with Gasteiger partial charge < -0.3 is 9.88 Å². The summed E-state index contributed by atoms with van der Waals surface area (Å²) >= 11 is 0. The summed E-state index contributed by atoms with van der Waals surface area (Å²) in [5.74, 6) is 0. The third kappa shape index (κ3) is 3.97. The van der Waals surface area contributed by atoms with Gasteiger partial charge in [-0.1, -0.05) is 36.8 Å². The summed E-state index contributed by atoms with van der Waals surface area (Å²) in [4.78, 5) is 0. The highest BCUT2D eigenvalue weighted by Gasteiger charge is 2.05. The Labute approximate surface area is 116 Å². The summed E-state index contributed by atoms with van der Waals surface area (Å²) in [6.07, 6.45) is 5.58. The van der Waals surface area contributed by atoms with Gasteiger partial charge in [0.2, 0.25) is 0 Å². The number of nitrogens with zero attached hydrogens (tertiary/aromatic N) is 1. The van der Waals surface area contributed by atoms with E-state index >= 15 is 0 Å². The van der Waals surface area contributed by atoms with Gasteiger partial charge in [0.05, 0.1) is 0 Å². The molecule has 102 valence electrons. The second-order valence-electron chi connectivity index (χ2n) is 5.27. The maximum Gasteiger partial charge on any atom is 0.0294 e. The molecule has 2 rings (SSSR count). The van der Waals surface area contributed by atoms with Crippen LogP contribution in [0.2, 0.25) is 0 Å². The Morgan fingerprint density at radius 1 is 1.16 bits per heavy atom. The fourth-order valence-electron chi connectivity index (χ4n) is 2.24. The maximum absolute atomic E-state index is 3.58. The van der Waals surface area contributed by atoms with Crippen molar-refractivity contribution in [3.63, 3.8) is 0 Å².